The van der Waals surface area contributed by atoms with Crippen molar-refractivity contribution >= 4 is 5.97 Å². The van der Waals surface area contributed by atoms with E-state index in [1.807, 2.05) is 0 Å². The topological polar surface area (TPSA) is 60.4 Å². The van der Waals surface area contributed by atoms with Crippen LogP contribution in [-0.4, -0.2) is 11.1 Å². The molecule has 1 aromatic rings. The van der Waals surface area contributed by atoms with E-state index in [1.54, 1.807) is 6.07 Å². The average Bonchev–Trinajstić information content (AvgIpc) is 2.16. The van der Waals surface area contributed by atoms with Crippen molar-refractivity contribution in [3.05, 3.63) is 29.3 Å². The quantitative estimate of drug-likeness (QED) is 0.578. The van der Waals surface area contributed by atoms with Gasteiger partial charge in [0.15, 0.2) is 0 Å². The fourth-order valence-electron chi connectivity index (χ4n) is 1.28. The molecule has 76 valence electrons. The predicted molar refractivity (Wildman–Crippen MR) is 51.0 cm³/mol. The van der Waals surface area contributed by atoms with Gasteiger partial charge >= 0.3 is 18.9 Å². The van der Waals surface area contributed by atoms with E-state index in [2.05, 4.69) is 6.92 Å². The second-order valence-electron chi connectivity index (χ2n) is 3.24. The molecule has 0 bridgehead atoms. The molecule has 0 saturated carbocycles. The molecule has 1 rings (SSSR count). The molecule has 0 aliphatic carbocycles. The molecule has 3 nitrogen and oxygen atoms in total. The van der Waals surface area contributed by atoms with Crippen molar-refractivity contribution in [2.24, 2.45) is 0 Å². The Labute approximate surface area is 101 Å². The van der Waals surface area contributed by atoms with Crippen LogP contribution in [0, 0.1) is 0 Å². The Kier molecular flexibility index (Phi) is 6.15. The van der Waals surface area contributed by atoms with Gasteiger partial charge in [-0.1, -0.05) is 19.4 Å². The van der Waals surface area contributed by atoms with Crippen LogP contribution < -0.4 is 24.0 Å². The molecule has 1 N–H and O–H groups in total. The van der Waals surface area contributed by atoms with E-state index in [1.165, 1.54) is 12.1 Å². The van der Waals surface area contributed by atoms with Crippen molar-refractivity contribution in [2.45, 2.75) is 26.2 Å². The summed E-state index contributed by atoms with van der Waals surface area (Å²) in [6.45, 7) is 2.07. The molecule has 0 aliphatic heterocycles. The standard InChI is InChI=1S/C11H14O3.Li/c1-2-3-4-8-5-6-10(12)9(7-8)11(13)14;/h5-7,12H,2-4H2,1H3,(H,13,14);/q;+1/p-1. The Hall–Kier alpha value is -0.913. The molecule has 0 aromatic heterocycles. The maximum absolute atomic E-state index is 10.6. The first-order chi connectivity index (χ1) is 6.65. The fraction of sp³-hybridized carbons (Fsp3) is 0.364. The summed E-state index contributed by atoms with van der Waals surface area (Å²) < 4.78 is 0. The Morgan fingerprint density at radius 1 is 1.47 bits per heavy atom. The van der Waals surface area contributed by atoms with Gasteiger partial charge in [-0.05, 0) is 30.5 Å². The van der Waals surface area contributed by atoms with E-state index in [0.717, 1.165) is 24.8 Å². The summed E-state index contributed by atoms with van der Waals surface area (Å²) in [5, 5.41) is 19.8. The third-order valence-corrected chi connectivity index (χ3v) is 2.10. The number of carboxylic acids is 1. The van der Waals surface area contributed by atoms with Crippen LogP contribution in [0.4, 0.5) is 0 Å². The minimum atomic E-state index is -1.33. The van der Waals surface area contributed by atoms with Crippen LogP contribution in [0.3, 0.4) is 0 Å². The molecule has 4 heteroatoms. The van der Waals surface area contributed by atoms with Crippen LogP contribution in [0.1, 0.15) is 35.7 Å². The number of aromatic carboxylic acids is 1. The third-order valence-electron chi connectivity index (χ3n) is 2.10. The summed E-state index contributed by atoms with van der Waals surface area (Å²) in [7, 11) is 0. The Morgan fingerprint density at radius 2 is 2.13 bits per heavy atom. The normalized spacial score (nSPS) is 9.40. The monoisotopic (exact) mass is 200 g/mol. The van der Waals surface area contributed by atoms with Gasteiger partial charge in [0.1, 0.15) is 5.75 Å². The van der Waals surface area contributed by atoms with Crippen molar-refractivity contribution in [3.8, 4) is 5.75 Å². The van der Waals surface area contributed by atoms with Crippen LogP contribution in [-0.2, 0) is 6.42 Å². The van der Waals surface area contributed by atoms with Crippen LogP contribution in [0.15, 0.2) is 18.2 Å². The Bertz CT molecular complexity index is 337. The number of aromatic hydroxyl groups is 1. The first-order valence-corrected chi connectivity index (χ1v) is 4.68. The van der Waals surface area contributed by atoms with Gasteiger partial charge in [0.2, 0.25) is 0 Å². The van der Waals surface area contributed by atoms with Gasteiger partial charge in [-0.3, -0.25) is 0 Å². The summed E-state index contributed by atoms with van der Waals surface area (Å²) in [6.07, 6.45) is 2.90. The predicted octanol–water partition coefficient (Wildman–Crippen LogP) is -1.90. The number of carboxylic acid groups (broad SMARTS) is 1. The number of benzene rings is 1. The fourth-order valence-corrected chi connectivity index (χ4v) is 1.28. The largest absolute Gasteiger partial charge is 1.00 e. The first-order valence-electron chi connectivity index (χ1n) is 4.68. The molecule has 0 spiro atoms. The SMILES string of the molecule is CCCCc1ccc(O)c(C(=O)[O-])c1.[Li+]. The number of carbonyl (C=O) groups excluding carboxylic acids is 1. The molecule has 0 heterocycles. The van der Waals surface area contributed by atoms with E-state index < -0.39 is 5.97 Å². The van der Waals surface area contributed by atoms with E-state index >= 15 is 0 Å². The van der Waals surface area contributed by atoms with Gasteiger partial charge in [-0.2, -0.15) is 0 Å². The third kappa shape index (κ3) is 3.99. The van der Waals surface area contributed by atoms with Gasteiger partial charge in [0, 0.05) is 5.56 Å². The minimum absolute atomic E-state index is 0. The van der Waals surface area contributed by atoms with Crippen LogP contribution in [0.2, 0.25) is 0 Å². The molecule has 0 radical (unpaired) electrons. The van der Waals surface area contributed by atoms with Gasteiger partial charge < -0.3 is 15.0 Å². The number of hydrogen-bond acceptors (Lipinski definition) is 3. The van der Waals surface area contributed by atoms with Gasteiger partial charge in [-0.25, -0.2) is 0 Å². The molecule has 0 fully saturated rings. The molecule has 0 saturated heterocycles. The summed E-state index contributed by atoms with van der Waals surface area (Å²) in [6, 6.07) is 4.61. The van der Waals surface area contributed by atoms with Crippen LogP contribution in [0.5, 0.6) is 5.75 Å². The minimum Gasteiger partial charge on any atom is -0.545 e. The maximum Gasteiger partial charge on any atom is 1.00 e. The van der Waals surface area contributed by atoms with Crippen molar-refractivity contribution in [1.82, 2.24) is 0 Å². The van der Waals surface area contributed by atoms with E-state index in [9.17, 15) is 15.0 Å². The van der Waals surface area contributed by atoms with Gasteiger partial charge in [0.25, 0.3) is 0 Å². The van der Waals surface area contributed by atoms with E-state index in [-0.39, 0.29) is 30.2 Å². The zero-order valence-corrected chi connectivity index (χ0v) is 9.12. The van der Waals surface area contributed by atoms with Gasteiger partial charge in [-0.15, -0.1) is 0 Å². The van der Waals surface area contributed by atoms with E-state index in [4.69, 9.17) is 0 Å². The zero-order chi connectivity index (χ0) is 10.6. The van der Waals surface area contributed by atoms with Gasteiger partial charge in [0.05, 0.1) is 5.97 Å². The molecular weight excluding hydrogens is 187 g/mol. The number of rotatable bonds is 4. The number of hydrogen-bond donors (Lipinski definition) is 1. The van der Waals surface area contributed by atoms with Crippen molar-refractivity contribution in [3.63, 3.8) is 0 Å². The van der Waals surface area contributed by atoms with Crippen molar-refractivity contribution in [1.29, 1.82) is 0 Å². The van der Waals surface area contributed by atoms with Crippen LogP contribution in [0.25, 0.3) is 0 Å². The van der Waals surface area contributed by atoms with Crippen LogP contribution >= 0.6 is 0 Å². The number of carbonyl (C=O) groups is 1. The number of phenols is 1. The zero-order valence-electron chi connectivity index (χ0n) is 9.12. The number of unbranched alkanes of at least 4 members (excludes halogenated alkanes) is 1. The molecule has 0 unspecified atom stereocenters. The second kappa shape index (κ2) is 6.55. The Morgan fingerprint density at radius 3 is 2.67 bits per heavy atom. The summed E-state index contributed by atoms with van der Waals surface area (Å²) in [4.78, 5) is 10.6. The van der Waals surface area contributed by atoms with E-state index in [0.29, 0.717) is 0 Å². The molecular formula is C11H13LiO3. The molecule has 0 amide bonds. The molecule has 0 atom stereocenters. The Balaban J connectivity index is 0.00000196. The van der Waals surface area contributed by atoms with Crippen molar-refractivity contribution in [2.75, 3.05) is 0 Å². The number of aryl methyl sites for hydroxylation is 1. The molecule has 15 heavy (non-hydrogen) atoms. The molecule has 1 aromatic carbocycles. The maximum atomic E-state index is 10.6. The smallest absolute Gasteiger partial charge is 0.545 e. The summed E-state index contributed by atoms with van der Waals surface area (Å²) >= 11 is 0. The second-order valence-corrected chi connectivity index (χ2v) is 3.24. The summed E-state index contributed by atoms with van der Waals surface area (Å²) in [5.74, 6) is -1.56. The molecule has 0 aliphatic rings. The summed E-state index contributed by atoms with van der Waals surface area (Å²) in [5.41, 5.74) is 0.794. The average molecular weight is 200 g/mol. The van der Waals surface area contributed by atoms with Crippen molar-refractivity contribution < 1.29 is 33.9 Å². The first kappa shape index (κ1) is 14.1.